The molecule has 1 heterocycles. The molecule has 0 aliphatic heterocycles. The van der Waals surface area contributed by atoms with Crippen LogP contribution in [0.5, 0.6) is 0 Å². The molecule has 28 heavy (non-hydrogen) atoms. The predicted octanol–water partition coefficient (Wildman–Crippen LogP) is 3.10. The minimum absolute atomic E-state index is 0.0195. The van der Waals surface area contributed by atoms with E-state index in [9.17, 15) is 18.0 Å². The monoisotopic (exact) mass is 399 g/mol. The zero-order chi connectivity index (χ0) is 20.3. The lowest BCUT2D eigenvalue weighted by Crippen LogP contribution is -2.22. The number of H-pyrrole nitrogens is 1. The molecular weight excluding hydrogens is 378 g/mol. The number of benzene rings is 2. The maximum Gasteiger partial charge on any atom is 0.261 e. The Morgan fingerprint density at radius 1 is 1.14 bits per heavy atom. The van der Waals surface area contributed by atoms with Crippen molar-refractivity contribution in [3.05, 3.63) is 70.0 Å². The van der Waals surface area contributed by atoms with Gasteiger partial charge in [-0.1, -0.05) is 31.5 Å². The first-order valence-corrected chi connectivity index (χ1v) is 10.7. The number of fused-ring (bicyclic) bond motifs is 1. The van der Waals surface area contributed by atoms with Crippen LogP contribution in [0.1, 0.15) is 29.3 Å². The van der Waals surface area contributed by atoms with Crippen molar-refractivity contribution in [1.82, 2.24) is 4.98 Å². The molecule has 0 bridgehead atoms. The zero-order valence-electron chi connectivity index (χ0n) is 15.6. The largest absolute Gasteiger partial charge is 0.360 e. The van der Waals surface area contributed by atoms with Crippen LogP contribution in [0, 0.1) is 0 Å². The van der Waals surface area contributed by atoms with E-state index in [4.69, 9.17) is 0 Å². The Kier molecular flexibility index (Phi) is 5.51. The van der Waals surface area contributed by atoms with Gasteiger partial charge in [0, 0.05) is 22.8 Å². The van der Waals surface area contributed by atoms with Crippen LogP contribution in [0.3, 0.4) is 0 Å². The highest BCUT2D eigenvalue weighted by Crippen LogP contribution is 2.24. The van der Waals surface area contributed by atoms with Gasteiger partial charge in [0.05, 0.1) is 11.9 Å². The van der Waals surface area contributed by atoms with Crippen LogP contribution < -0.4 is 15.5 Å². The van der Waals surface area contributed by atoms with Crippen LogP contribution in [0.25, 0.3) is 10.9 Å². The van der Waals surface area contributed by atoms with E-state index in [-0.39, 0.29) is 11.0 Å². The van der Waals surface area contributed by atoms with Crippen molar-refractivity contribution in [2.75, 3.05) is 16.3 Å². The number of hydrogen-bond donors (Lipinski definition) is 3. The number of carbonyl (C=O) groups is 1. The van der Waals surface area contributed by atoms with E-state index in [1.54, 1.807) is 42.5 Å². The average molecular weight is 399 g/mol. The van der Waals surface area contributed by atoms with Crippen LogP contribution in [-0.2, 0) is 16.4 Å². The van der Waals surface area contributed by atoms with Gasteiger partial charge in [0.2, 0.25) is 15.5 Å². The maximum absolute atomic E-state index is 12.6. The van der Waals surface area contributed by atoms with Gasteiger partial charge in [-0.3, -0.25) is 14.3 Å². The Labute approximate surface area is 162 Å². The number of sulfonamides is 1. The molecule has 0 aliphatic rings. The molecule has 3 N–H and O–H groups in total. The molecule has 0 spiro atoms. The number of carbonyl (C=O) groups excluding carboxylic acids is 1. The molecule has 3 rings (SSSR count). The van der Waals surface area contributed by atoms with Crippen molar-refractivity contribution in [2.24, 2.45) is 0 Å². The molecule has 0 saturated carbocycles. The highest BCUT2D eigenvalue weighted by Gasteiger charge is 2.15. The minimum Gasteiger partial charge on any atom is -0.360 e. The molecule has 0 fully saturated rings. The Balaban J connectivity index is 1.93. The predicted molar refractivity (Wildman–Crippen MR) is 111 cm³/mol. The first-order valence-electron chi connectivity index (χ1n) is 8.81. The van der Waals surface area contributed by atoms with Crippen molar-refractivity contribution in [2.45, 2.75) is 19.8 Å². The van der Waals surface area contributed by atoms with Gasteiger partial charge in [-0.2, -0.15) is 0 Å². The molecule has 0 atom stereocenters. The van der Waals surface area contributed by atoms with Gasteiger partial charge in [-0.15, -0.1) is 0 Å². The Bertz CT molecular complexity index is 1200. The molecule has 1 aromatic heterocycles. The first-order chi connectivity index (χ1) is 13.3. The fourth-order valence-corrected chi connectivity index (χ4v) is 3.56. The topological polar surface area (TPSA) is 108 Å². The molecule has 0 unspecified atom stereocenters. The van der Waals surface area contributed by atoms with Gasteiger partial charge < -0.3 is 10.3 Å². The number of nitrogens with one attached hydrogen (secondary N) is 3. The zero-order valence-corrected chi connectivity index (χ0v) is 16.4. The van der Waals surface area contributed by atoms with Crippen LogP contribution in [0.15, 0.2) is 53.5 Å². The number of rotatable bonds is 6. The lowest BCUT2D eigenvalue weighted by molar-refractivity contribution is 0.102. The standard InChI is InChI=1S/C20H21N3O4S/c1-3-6-13-9-10-14(11-18(13)23-28(2,26)27)22-20(25)16-12-21-17-8-5-4-7-15(17)19(16)24/h4-5,7-12,23H,3,6H2,1-2H3,(H,21,24)(H,22,25). The molecule has 3 aromatic rings. The van der Waals surface area contributed by atoms with E-state index in [0.717, 1.165) is 18.2 Å². The molecular formula is C20H21N3O4S. The maximum atomic E-state index is 12.6. The van der Waals surface area contributed by atoms with Crippen LogP contribution in [0.2, 0.25) is 0 Å². The molecule has 0 radical (unpaired) electrons. The summed E-state index contributed by atoms with van der Waals surface area (Å²) in [6, 6.07) is 11.9. The van der Waals surface area contributed by atoms with E-state index in [1.165, 1.54) is 6.20 Å². The highest BCUT2D eigenvalue weighted by molar-refractivity contribution is 7.92. The Hall–Kier alpha value is -3.13. The fraction of sp³-hybridized carbons (Fsp3) is 0.200. The molecule has 8 heteroatoms. The lowest BCUT2D eigenvalue weighted by Gasteiger charge is -2.13. The third kappa shape index (κ3) is 4.40. The van der Waals surface area contributed by atoms with Gasteiger partial charge >= 0.3 is 0 Å². The smallest absolute Gasteiger partial charge is 0.261 e. The summed E-state index contributed by atoms with van der Waals surface area (Å²) in [5, 5.41) is 3.09. The Morgan fingerprint density at radius 3 is 2.61 bits per heavy atom. The quantitative estimate of drug-likeness (QED) is 0.592. The van der Waals surface area contributed by atoms with E-state index in [0.29, 0.717) is 28.7 Å². The van der Waals surface area contributed by atoms with Crippen LogP contribution in [0.4, 0.5) is 11.4 Å². The summed E-state index contributed by atoms with van der Waals surface area (Å²) in [4.78, 5) is 28.1. The van der Waals surface area contributed by atoms with Crippen LogP contribution in [-0.4, -0.2) is 25.6 Å². The van der Waals surface area contributed by atoms with Gasteiger partial charge in [0.15, 0.2) is 0 Å². The fourth-order valence-electron chi connectivity index (χ4n) is 2.97. The molecule has 0 saturated heterocycles. The second-order valence-corrected chi connectivity index (χ2v) is 8.28. The Morgan fingerprint density at radius 2 is 1.89 bits per heavy atom. The summed E-state index contributed by atoms with van der Waals surface area (Å²) in [5.74, 6) is -0.569. The lowest BCUT2D eigenvalue weighted by atomic mass is 10.1. The van der Waals surface area contributed by atoms with Crippen molar-refractivity contribution < 1.29 is 13.2 Å². The summed E-state index contributed by atoms with van der Waals surface area (Å²) >= 11 is 0. The summed E-state index contributed by atoms with van der Waals surface area (Å²) in [6.45, 7) is 1.99. The van der Waals surface area contributed by atoms with E-state index in [2.05, 4.69) is 15.0 Å². The average Bonchev–Trinajstić information content (AvgIpc) is 2.63. The number of aromatic amines is 1. The van der Waals surface area contributed by atoms with Crippen molar-refractivity contribution >= 4 is 38.2 Å². The summed E-state index contributed by atoms with van der Waals surface area (Å²) in [5.41, 5.74) is 1.89. The van der Waals surface area contributed by atoms with Gasteiger partial charge in [-0.25, -0.2) is 8.42 Å². The molecule has 7 nitrogen and oxygen atoms in total. The van der Waals surface area contributed by atoms with Gasteiger partial charge in [0.1, 0.15) is 5.56 Å². The van der Waals surface area contributed by atoms with Gasteiger partial charge in [0.25, 0.3) is 5.91 Å². The normalized spacial score (nSPS) is 11.4. The van der Waals surface area contributed by atoms with Crippen molar-refractivity contribution in [3.8, 4) is 0 Å². The second-order valence-electron chi connectivity index (χ2n) is 6.53. The number of para-hydroxylation sites is 1. The van der Waals surface area contributed by atoms with E-state index >= 15 is 0 Å². The molecule has 0 aliphatic carbocycles. The third-order valence-corrected chi connectivity index (χ3v) is 4.81. The van der Waals surface area contributed by atoms with Gasteiger partial charge in [-0.05, 0) is 36.2 Å². The summed E-state index contributed by atoms with van der Waals surface area (Å²) in [6.07, 6.45) is 3.98. The summed E-state index contributed by atoms with van der Waals surface area (Å²) in [7, 11) is -3.46. The third-order valence-electron chi connectivity index (χ3n) is 4.22. The van der Waals surface area contributed by atoms with E-state index in [1.807, 2.05) is 6.92 Å². The second kappa shape index (κ2) is 7.85. The highest BCUT2D eigenvalue weighted by atomic mass is 32.2. The molecule has 146 valence electrons. The first kappa shape index (κ1) is 19.6. The number of aryl methyl sites for hydroxylation is 1. The number of amides is 1. The number of aromatic nitrogens is 1. The van der Waals surface area contributed by atoms with Crippen molar-refractivity contribution in [1.29, 1.82) is 0 Å². The number of anilines is 2. The SMILES string of the molecule is CCCc1ccc(NC(=O)c2c[nH]c3ccccc3c2=O)cc1NS(C)(=O)=O. The summed E-state index contributed by atoms with van der Waals surface area (Å²) < 4.78 is 25.8. The number of pyridine rings is 1. The number of hydrogen-bond acceptors (Lipinski definition) is 4. The molecule has 1 amide bonds. The minimum atomic E-state index is -3.46. The van der Waals surface area contributed by atoms with Crippen molar-refractivity contribution in [3.63, 3.8) is 0 Å². The molecule has 2 aromatic carbocycles. The van der Waals surface area contributed by atoms with E-state index < -0.39 is 15.9 Å². The van der Waals surface area contributed by atoms with Crippen LogP contribution >= 0.6 is 0 Å².